The number of hydrazine groups is 1. The van der Waals surface area contributed by atoms with E-state index in [0.29, 0.717) is 17.4 Å². The van der Waals surface area contributed by atoms with Crippen molar-refractivity contribution in [2.45, 2.75) is 38.8 Å². The third-order valence-electron chi connectivity index (χ3n) is 5.86. The number of nitrogens with zero attached hydrogens (tertiary/aromatic N) is 4. The molecular weight excluding hydrogens is 434 g/mol. The molecule has 0 radical (unpaired) electrons. The number of carbonyl (C=O) groups excluding carboxylic acids is 1. The Kier molecular flexibility index (Phi) is 6.62. The topological polar surface area (TPSA) is 142 Å². The number of methoxy groups -OCH3 is 1. The average molecular weight is 464 g/mol. The molecule has 1 aliphatic carbocycles. The lowest BCUT2D eigenvalue weighted by Gasteiger charge is -2.24. The van der Waals surface area contributed by atoms with Crippen LogP contribution in [-0.2, 0) is 0 Å². The fraction of sp³-hybridized carbons (Fsp3) is 0.333. The van der Waals surface area contributed by atoms with Gasteiger partial charge in [0.25, 0.3) is 5.91 Å². The molecule has 1 amide bonds. The number of rotatable bonds is 8. The molecule has 1 unspecified atom stereocenters. The minimum absolute atomic E-state index is 0.0690. The zero-order chi connectivity index (χ0) is 24.4. The maximum atomic E-state index is 13.2. The van der Waals surface area contributed by atoms with Crippen molar-refractivity contribution in [1.82, 2.24) is 19.8 Å². The van der Waals surface area contributed by atoms with Gasteiger partial charge in [0, 0.05) is 11.8 Å². The van der Waals surface area contributed by atoms with E-state index < -0.39 is 11.9 Å². The average Bonchev–Trinajstić information content (AvgIpc) is 3.59. The van der Waals surface area contributed by atoms with Crippen LogP contribution in [0.4, 0.5) is 5.82 Å². The van der Waals surface area contributed by atoms with Gasteiger partial charge in [-0.1, -0.05) is 6.07 Å². The molecule has 10 nitrogen and oxygen atoms in total. The van der Waals surface area contributed by atoms with Crippen LogP contribution in [0.25, 0.3) is 11.1 Å². The molecule has 5 N–H and O–H groups in total. The van der Waals surface area contributed by atoms with Gasteiger partial charge in [0.15, 0.2) is 5.84 Å². The Morgan fingerprint density at radius 3 is 2.85 bits per heavy atom. The van der Waals surface area contributed by atoms with Gasteiger partial charge in [-0.15, -0.1) is 0 Å². The van der Waals surface area contributed by atoms with Gasteiger partial charge < -0.3 is 15.2 Å². The zero-order valence-electron chi connectivity index (χ0n) is 19.4. The number of carbonyl (C=O) groups is 1. The molecule has 2 heterocycles. The summed E-state index contributed by atoms with van der Waals surface area (Å²) in [4.78, 5) is 17.6. The molecule has 0 aliphatic heterocycles. The predicted molar refractivity (Wildman–Crippen MR) is 129 cm³/mol. The fourth-order valence-corrected chi connectivity index (χ4v) is 3.62. The predicted octanol–water partition coefficient (Wildman–Crippen LogP) is 2.73. The van der Waals surface area contributed by atoms with Gasteiger partial charge in [0.2, 0.25) is 0 Å². The maximum Gasteiger partial charge on any atom is 0.260 e. The van der Waals surface area contributed by atoms with Crippen molar-refractivity contribution in [3.05, 3.63) is 59.5 Å². The second-order valence-electron chi connectivity index (χ2n) is 8.46. The number of amides is 1. The van der Waals surface area contributed by atoms with Crippen LogP contribution in [0.1, 0.15) is 47.4 Å². The van der Waals surface area contributed by atoms with Crippen molar-refractivity contribution in [1.29, 1.82) is 5.41 Å². The molecule has 1 saturated carbocycles. The van der Waals surface area contributed by atoms with Gasteiger partial charge in [-0.2, -0.15) is 5.10 Å². The second-order valence-corrected chi connectivity index (χ2v) is 8.46. The third-order valence-corrected chi connectivity index (χ3v) is 5.86. The summed E-state index contributed by atoms with van der Waals surface area (Å²) in [7, 11) is 1.52. The molecule has 0 spiro atoms. The van der Waals surface area contributed by atoms with Crippen LogP contribution < -0.4 is 15.9 Å². The number of ether oxygens (including phenoxy) is 1. The highest BCUT2D eigenvalue weighted by atomic mass is 16.5. The van der Waals surface area contributed by atoms with Crippen molar-refractivity contribution in [2.24, 2.45) is 5.84 Å². The van der Waals surface area contributed by atoms with E-state index >= 15 is 0 Å². The summed E-state index contributed by atoms with van der Waals surface area (Å²) in [6.07, 6.45) is 6.11. The highest BCUT2D eigenvalue weighted by molar-refractivity contribution is 6.07. The molecule has 0 saturated heterocycles. The van der Waals surface area contributed by atoms with Gasteiger partial charge in [-0.25, -0.2) is 10.8 Å². The number of aliphatic hydroxyl groups excluding tert-OH is 1. The van der Waals surface area contributed by atoms with Crippen LogP contribution in [0.3, 0.4) is 0 Å². The van der Waals surface area contributed by atoms with Crippen molar-refractivity contribution in [3.63, 3.8) is 0 Å². The van der Waals surface area contributed by atoms with E-state index in [0.717, 1.165) is 34.5 Å². The van der Waals surface area contributed by atoms with Gasteiger partial charge in [-0.3, -0.25) is 19.9 Å². The number of aromatic nitrogens is 3. The molecule has 2 aromatic heterocycles. The SMILES string of the molecule is COc1cc(C)c(-c2cnn(C3CC3)c2)cc1C(=O)Nc1cccc(C(=N)N(N)C(C)CO)n1. The van der Waals surface area contributed by atoms with E-state index in [9.17, 15) is 9.90 Å². The molecule has 1 atom stereocenters. The number of hydrogen-bond acceptors (Lipinski definition) is 7. The van der Waals surface area contributed by atoms with Crippen LogP contribution in [0.15, 0.2) is 42.7 Å². The summed E-state index contributed by atoms with van der Waals surface area (Å²) in [5.74, 6) is 6.14. The lowest BCUT2D eigenvalue weighted by atomic mass is 9.99. The van der Waals surface area contributed by atoms with Crippen molar-refractivity contribution in [3.8, 4) is 16.9 Å². The van der Waals surface area contributed by atoms with E-state index in [4.69, 9.17) is 16.0 Å². The third kappa shape index (κ3) is 4.78. The number of benzene rings is 1. The Hall–Kier alpha value is -3.76. The second kappa shape index (κ2) is 9.62. The van der Waals surface area contributed by atoms with Crippen LogP contribution in [0.5, 0.6) is 5.75 Å². The number of hydrogen-bond donors (Lipinski definition) is 4. The van der Waals surface area contributed by atoms with E-state index in [2.05, 4.69) is 15.4 Å². The Labute approximate surface area is 197 Å². The van der Waals surface area contributed by atoms with Crippen molar-refractivity contribution in [2.75, 3.05) is 19.0 Å². The quantitative estimate of drug-likeness (QED) is 0.174. The largest absolute Gasteiger partial charge is 0.496 e. The Bertz CT molecular complexity index is 1220. The lowest BCUT2D eigenvalue weighted by Crippen LogP contribution is -2.46. The first-order chi connectivity index (χ1) is 16.3. The number of nitrogens with one attached hydrogen (secondary N) is 2. The van der Waals surface area contributed by atoms with Gasteiger partial charge in [0.05, 0.1) is 37.6 Å². The number of anilines is 1. The van der Waals surface area contributed by atoms with Crippen molar-refractivity contribution >= 4 is 17.6 Å². The molecular formula is C24H29N7O3. The summed E-state index contributed by atoms with van der Waals surface area (Å²) >= 11 is 0. The van der Waals surface area contributed by atoms with Crippen LogP contribution in [0, 0.1) is 12.3 Å². The highest BCUT2D eigenvalue weighted by Crippen LogP contribution is 2.36. The molecule has 1 aliphatic rings. The van der Waals surface area contributed by atoms with E-state index in [1.807, 2.05) is 30.1 Å². The standard InChI is InChI=1S/C24H29N7O3/c1-14-9-21(34-3)19(10-18(14)16-11-27-30(12-16)17-7-8-17)24(33)29-22-6-4-5-20(28-22)23(25)31(26)15(2)13-32/h4-6,9-12,15,17,25,32H,7-8,13,26H2,1-3H3,(H,28,29,33). The van der Waals surface area contributed by atoms with Crippen LogP contribution in [0.2, 0.25) is 0 Å². The molecule has 178 valence electrons. The minimum Gasteiger partial charge on any atom is -0.496 e. The Balaban J connectivity index is 1.59. The Morgan fingerprint density at radius 1 is 1.41 bits per heavy atom. The maximum absolute atomic E-state index is 13.2. The molecule has 1 fully saturated rings. The Morgan fingerprint density at radius 2 is 2.18 bits per heavy atom. The van der Waals surface area contributed by atoms with Crippen LogP contribution in [-0.4, -0.2) is 56.4 Å². The first kappa shape index (κ1) is 23.4. The molecule has 0 bridgehead atoms. The molecule has 10 heteroatoms. The summed E-state index contributed by atoms with van der Waals surface area (Å²) < 4.78 is 7.45. The van der Waals surface area contributed by atoms with Gasteiger partial charge >= 0.3 is 0 Å². The minimum atomic E-state index is -0.452. The lowest BCUT2D eigenvalue weighted by molar-refractivity contribution is 0.102. The zero-order valence-corrected chi connectivity index (χ0v) is 19.4. The first-order valence-electron chi connectivity index (χ1n) is 11.1. The van der Waals surface area contributed by atoms with E-state index in [-0.39, 0.29) is 24.0 Å². The summed E-state index contributed by atoms with van der Waals surface area (Å²) in [5, 5.41) is 25.9. The number of pyridine rings is 1. The first-order valence-corrected chi connectivity index (χ1v) is 11.1. The molecule has 3 aromatic rings. The number of amidine groups is 1. The van der Waals surface area contributed by atoms with Gasteiger partial charge in [0.1, 0.15) is 17.3 Å². The summed E-state index contributed by atoms with van der Waals surface area (Å²) in [5.41, 5.74) is 3.44. The fourth-order valence-electron chi connectivity index (χ4n) is 3.62. The number of aliphatic hydroxyl groups is 1. The normalized spacial score (nSPS) is 13.9. The number of nitrogens with two attached hydrogens (primary N) is 1. The molecule has 1 aromatic carbocycles. The highest BCUT2D eigenvalue weighted by Gasteiger charge is 2.25. The molecule has 4 rings (SSSR count). The van der Waals surface area contributed by atoms with Crippen LogP contribution >= 0.6 is 0 Å². The van der Waals surface area contributed by atoms with Gasteiger partial charge in [-0.05, 0) is 62.1 Å². The smallest absolute Gasteiger partial charge is 0.260 e. The monoisotopic (exact) mass is 463 g/mol. The van der Waals surface area contributed by atoms with Crippen molar-refractivity contribution < 1.29 is 14.6 Å². The summed E-state index contributed by atoms with van der Waals surface area (Å²) in [6, 6.07) is 8.57. The number of aryl methyl sites for hydroxylation is 1. The van der Waals surface area contributed by atoms with E-state index in [1.54, 1.807) is 31.2 Å². The summed E-state index contributed by atoms with van der Waals surface area (Å²) in [6.45, 7) is 3.46. The molecule has 34 heavy (non-hydrogen) atoms. The van der Waals surface area contributed by atoms with E-state index in [1.165, 1.54) is 7.11 Å².